The molecule has 1 aromatic carbocycles. The van der Waals surface area contributed by atoms with Gasteiger partial charge in [-0.25, -0.2) is 0 Å². The molecule has 0 bridgehead atoms. The quantitative estimate of drug-likeness (QED) is 0.315. The molecular weight excluding hydrogens is 435 g/mol. The van der Waals surface area contributed by atoms with Crippen LogP contribution in [0.1, 0.15) is 31.2 Å². The van der Waals surface area contributed by atoms with Gasteiger partial charge in [0, 0.05) is 48.6 Å². The second-order valence-electron chi connectivity index (χ2n) is 8.97. The third-order valence-corrected chi connectivity index (χ3v) is 7.62. The summed E-state index contributed by atoms with van der Waals surface area (Å²) < 4.78 is 5.91. The molecule has 1 aliphatic heterocycles. The standard InChI is InChI=1S/C24H30Cl2N2O3/c1-13-3-6-18-19(24(30)31-23(18)21-14(2)4-5-17(13)21)12-28-8-7-27-11-15-9-16(25)10-20(26)22(15)29/h9-10,17-19,21,23,27-29H,1-8,11-12H2/t17-,18-,19?,21-,23-/m0/s1. The highest BCUT2D eigenvalue weighted by Gasteiger charge is 2.53. The van der Waals surface area contributed by atoms with Crippen LogP contribution in [0.15, 0.2) is 36.4 Å². The van der Waals surface area contributed by atoms with Crippen LogP contribution in [0.2, 0.25) is 10.0 Å². The van der Waals surface area contributed by atoms with Gasteiger partial charge in [0.05, 0.1) is 10.9 Å². The third-order valence-electron chi connectivity index (χ3n) is 7.12. The number of allylic oxidation sites excluding steroid dienone is 1. The number of nitrogens with one attached hydrogen (secondary N) is 2. The summed E-state index contributed by atoms with van der Waals surface area (Å²) in [4.78, 5) is 12.7. The third kappa shape index (κ3) is 4.65. The highest BCUT2D eigenvalue weighted by atomic mass is 35.5. The lowest BCUT2D eigenvalue weighted by atomic mass is 9.79. The molecule has 168 valence electrons. The maximum absolute atomic E-state index is 12.7. The van der Waals surface area contributed by atoms with Crippen molar-refractivity contribution in [2.24, 2.45) is 23.7 Å². The molecule has 0 radical (unpaired) electrons. The largest absolute Gasteiger partial charge is 0.506 e. The van der Waals surface area contributed by atoms with Crippen LogP contribution in [-0.2, 0) is 16.1 Å². The van der Waals surface area contributed by atoms with Crippen LogP contribution in [0.25, 0.3) is 0 Å². The Bertz CT molecular complexity index is 888. The molecule has 2 aliphatic carbocycles. The van der Waals surface area contributed by atoms with Gasteiger partial charge in [-0.15, -0.1) is 0 Å². The Morgan fingerprint density at radius 3 is 2.65 bits per heavy atom. The van der Waals surface area contributed by atoms with Gasteiger partial charge in [0.25, 0.3) is 0 Å². The van der Waals surface area contributed by atoms with Gasteiger partial charge in [0.1, 0.15) is 11.9 Å². The Labute approximate surface area is 193 Å². The lowest BCUT2D eigenvalue weighted by molar-refractivity contribution is -0.145. The van der Waals surface area contributed by atoms with Crippen molar-refractivity contribution < 1.29 is 14.6 Å². The molecule has 4 rings (SSSR count). The van der Waals surface area contributed by atoms with Crippen LogP contribution in [0.5, 0.6) is 5.75 Å². The second kappa shape index (κ2) is 9.53. The van der Waals surface area contributed by atoms with Crippen LogP contribution in [-0.4, -0.2) is 36.8 Å². The van der Waals surface area contributed by atoms with E-state index in [9.17, 15) is 9.90 Å². The lowest BCUT2D eigenvalue weighted by Crippen LogP contribution is -2.36. The summed E-state index contributed by atoms with van der Waals surface area (Å²) in [5, 5.41) is 17.4. The highest BCUT2D eigenvalue weighted by Crippen LogP contribution is 2.52. The first-order valence-electron chi connectivity index (χ1n) is 11.0. The molecule has 7 heteroatoms. The minimum atomic E-state index is -0.124. The van der Waals surface area contributed by atoms with Crippen molar-refractivity contribution in [3.05, 3.63) is 52.0 Å². The fraction of sp³-hybridized carbons (Fsp3) is 0.542. The molecule has 0 spiro atoms. The number of carbonyl (C=O) groups is 1. The van der Waals surface area contributed by atoms with Crippen molar-refractivity contribution in [2.45, 2.75) is 38.3 Å². The van der Waals surface area contributed by atoms with E-state index in [1.807, 2.05) is 0 Å². The molecule has 5 nitrogen and oxygen atoms in total. The predicted molar refractivity (Wildman–Crippen MR) is 123 cm³/mol. The molecule has 5 atom stereocenters. The average molecular weight is 465 g/mol. The molecule has 2 saturated carbocycles. The van der Waals surface area contributed by atoms with Gasteiger partial charge in [0.15, 0.2) is 0 Å². The summed E-state index contributed by atoms with van der Waals surface area (Å²) in [6.07, 6.45) is 3.97. The van der Waals surface area contributed by atoms with Gasteiger partial charge < -0.3 is 20.5 Å². The summed E-state index contributed by atoms with van der Waals surface area (Å²) in [7, 11) is 0. The van der Waals surface area contributed by atoms with E-state index < -0.39 is 0 Å². The first kappa shape index (κ1) is 22.7. The van der Waals surface area contributed by atoms with Crippen molar-refractivity contribution in [3.63, 3.8) is 0 Å². The first-order valence-corrected chi connectivity index (χ1v) is 11.8. The van der Waals surface area contributed by atoms with Crippen LogP contribution in [0, 0.1) is 23.7 Å². The van der Waals surface area contributed by atoms with E-state index >= 15 is 0 Å². The summed E-state index contributed by atoms with van der Waals surface area (Å²) in [5.41, 5.74) is 3.18. The van der Waals surface area contributed by atoms with E-state index in [0.29, 0.717) is 42.7 Å². The molecule has 1 unspecified atom stereocenters. The van der Waals surface area contributed by atoms with Gasteiger partial charge in [-0.3, -0.25) is 4.79 Å². The van der Waals surface area contributed by atoms with Crippen LogP contribution >= 0.6 is 23.2 Å². The number of phenols is 1. The number of rotatable bonds is 7. The van der Waals surface area contributed by atoms with Crippen molar-refractivity contribution in [2.75, 3.05) is 19.6 Å². The van der Waals surface area contributed by atoms with Gasteiger partial charge in [-0.05, 0) is 43.7 Å². The minimum absolute atomic E-state index is 0.0489. The fourth-order valence-corrected chi connectivity index (χ4v) is 6.03. The Kier molecular flexibility index (Phi) is 6.97. The molecule has 3 aliphatic rings. The number of fused-ring (bicyclic) bond motifs is 3. The predicted octanol–water partition coefficient (Wildman–Crippen LogP) is 4.47. The zero-order valence-electron chi connectivity index (χ0n) is 17.6. The number of ether oxygens (including phenoxy) is 1. The second-order valence-corrected chi connectivity index (χ2v) is 9.82. The number of halogens is 2. The zero-order valence-corrected chi connectivity index (χ0v) is 19.1. The van der Waals surface area contributed by atoms with Crippen molar-refractivity contribution in [1.29, 1.82) is 0 Å². The molecule has 31 heavy (non-hydrogen) atoms. The van der Waals surface area contributed by atoms with Gasteiger partial charge >= 0.3 is 5.97 Å². The molecule has 1 saturated heterocycles. The average Bonchev–Trinajstić information content (AvgIpc) is 3.21. The van der Waals surface area contributed by atoms with Crippen molar-refractivity contribution >= 4 is 29.2 Å². The molecule has 0 amide bonds. The van der Waals surface area contributed by atoms with Crippen molar-refractivity contribution in [3.8, 4) is 5.75 Å². The SMILES string of the molecule is C=C1CC[C@H]2C(=C)CC[C@H]3C(CNCCNCc4cc(Cl)cc(Cl)c4O)C(=O)O[C@@H]3[C@@H]12. The Hall–Kier alpha value is -1.53. The molecule has 3 fully saturated rings. The Balaban J connectivity index is 1.27. The number of carbonyl (C=O) groups excluding carboxylic acids is 1. The molecule has 0 aromatic heterocycles. The summed E-state index contributed by atoms with van der Waals surface area (Å²) >= 11 is 12.0. The van der Waals surface area contributed by atoms with Gasteiger partial charge in [-0.1, -0.05) is 47.5 Å². The molecule has 3 N–H and O–H groups in total. The van der Waals surface area contributed by atoms with Crippen LogP contribution in [0.4, 0.5) is 0 Å². The minimum Gasteiger partial charge on any atom is -0.506 e. The molecule has 1 heterocycles. The monoisotopic (exact) mass is 464 g/mol. The Morgan fingerprint density at radius 2 is 1.84 bits per heavy atom. The van der Waals surface area contributed by atoms with E-state index in [1.165, 1.54) is 17.2 Å². The smallest absolute Gasteiger partial charge is 0.310 e. The first-order chi connectivity index (χ1) is 14.9. The fourth-order valence-electron chi connectivity index (χ4n) is 5.49. The number of hydrogen-bond acceptors (Lipinski definition) is 5. The van der Waals surface area contributed by atoms with Crippen LogP contribution < -0.4 is 10.6 Å². The highest BCUT2D eigenvalue weighted by molar-refractivity contribution is 6.35. The maximum atomic E-state index is 12.7. The van der Waals surface area contributed by atoms with Crippen molar-refractivity contribution in [1.82, 2.24) is 10.6 Å². The summed E-state index contributed by atoms with van der Waals surface area (Å²) in [6, 6.07) is 3.21. The lowest BCUT2D eigenvalue weighted by Gasteiger charge is -2.27. The van der Waals surface area contributed by atoms with E-state index in [2.05, 4.69) is 23.8 Å². The number of esters is 1. The number of phenolic OH excluding ortho intramolecular Hbond substituents is 1. The van der Waals surface area contributed by atoms with E-state index in [-0.39, 0.29) is 40.6 Å². The molecule has 1 aromatic rings. The van der Waals surface area contributed by atoms with E-state index in [0.717, 1.165) is 25.7 Å². The summed E-state index contributed by atoms with van der Waals surface area (Å²) in [5.74, 6) is 0.726. The molecular formula is C24H30Cl2N2O3. The van der Waals surface area contributed by atoms with Gasteiger partial charge in [-0.2, -0.15) is 0 Å². The summed E-state index contributed by atoms with van der Waals surface area (Å²) in [6.45, 7) is 11.0. The normalized spacial score (nSPS) is 30.1. The van der Waals surface area contributed by atoms with Crippen LogP contribution in [0.3, 0.4) is 0 Å². The number of aromatic hydroxyl groups is 1. The van der Waals surface area contributed by atoms with Gasteiger partial charge in [0.2, 0.25) is 0 Å². The Morgan fingerprint density at radius 1 is 1.10 bits per heavy atom. The number of benzene rings is 1. The van der Waals surface area contributed by atoms with E-state index in [4.69, 9.17) is 27.9 Å². The maximum Gasteiger partial charge on any atom is 0.310 e. The van der Waals surface area contributed by atoms with E-state index in [1.54, 1.807) is 6.07 Å². The number of hydrogen-bond donors (Lipinski definition) is 3. The zero-order chi connectivity index (χ0) is 22.1. The topological polar surface area (TPSA) is 70.6 Å².